The number of fused-ring (bicyclic) bond motifs is 1. The molecule has 1 aliphatic carbocycles. The number of rotatable bonds is 4. The Bertz CT molecular complexity index is 992. The van der Waals surface area contributed by atoms with Gasteiger partial charge in [-0.2, -0.15) is 18.2 Å². The first kappa shape index (κ1) is 21.1. The Morgan fingerprint density at radius 3 is 2.52 bits per heavy atom. The molecule has 166 valence electrons. The fourth-order valence-corrected chi connectivity index (χ4v) is 3.77. The van der Waals surface area contributed by atoms with Gasteiger partial charge >= 0.3 is 6.18 Å². The Kier molecular flexibility index (Phi) is 5.14. The summed E-state index contributed by atoms with van der Waals surface area (Å²) < 4.78 is 43.5. The Balaban J connectivity index is 1.38. The highest BCUT2D eigenvalue weighted by Crippen LogP contribution is 2.36. The molecular formula is C20H23F3N6O2. The summed E-state index contributed by atoms with van der Waals surface area (Å²) in [5.41, 5.74) is 0.449. The summed E-state index contributed by atoms with van der Waals surface area (Å²) in [6.45, 7) is 3.67. The third-order valence-electron chi connectivity index (χ3n) is 5.74. The van der Waals surface area contributed by atoms with Crippen molar-refractivity contribution in [1.29, 1.82) is 0 Å². The number of hydrogen-bond acceptors (Lipinski definition) is 7. The number of anilines is 3. The van der Waals surface area contributed by atoms with E-state index in [0.29, 0.717) is 41.7 Å². The highest BCUT2D eigenvalue weighted by Gasteiger charge is 2.36. The highest BCUT2D eigenvalue weighted by atomic mass is 19.4. The van der Waals surface area contributed by atoms with E-state index in [2.05, 4.69) is 20.3 Å². The number of pyridine rings is 1. The van der Waals surface area contributed by atoms with Crippen LogP contribution in [-0.4, -0.2) is 53.1 Å². The van der Waals surface area contributed by atoms with Crippen molar-refractivity contribution in [2.24, 2.45) is 0 Å². The van der Waals surface area contributed by atoms with Crippen LogP contribution >= 0.6 is 0 Å². The van der Waals surface area contributed by atoms with Crippen LogP contribution in [0.4, 0.5) is 30.6 Å². The standard InChI is InChI=1S/C20H23F3N6O2/c1-10-16-17(28(3)11(2)18(30)29(16)4)27-19(25-10)26-12-7-14(8-12)31-13-5-6-15(24-9-13)20(21,22)23/h5-6,9,11-12,14H,7-8H2,1-4H3,(H,25,26,27)/t11-,12?,14?/m0/s1. The molecule has 0 saturated heterocycles. The molecule has 0 radical (unpaired) electrons. The maximum absolute atomic E-state index is 12.6. The third kappa shape index (κ3) is 3.96. The van der Waals surface area contributed by atoms with Gasteiger partial charge in [0.05, 0.1) is 11.9 Å². The predicted molar refractivity (Wildman–Crippen MR) is 108 cm³/mol. The highest BCUT2D eigenvalue weighted by molar-refractivity contribution is 6.04. The summed E-state index contributed by atoms with van der Waals surface area (Å²) in [5, 5.41) is 3.28. The monoisotopic (exact) mass is 436 g/mol. The second-order valence-corrected chi connectivity index (χ2v) is 7.92. The van der Waals surface area contributed by atoms with Crippen LogP contribution in [0, 0.1) is 6.92 Å². The van der Waals surface area contributed by atoms with E-state index in [9.17, 15) is 18.0 Å². The molecule has 8 nitrogen and oxygen atoms in total. The maximum Gasteiger partial charge on any atom is 0.433 e. The van der Waals surface area contributed by atoms with Gasteiger partial charge in [-0.05, 0) is 26.0 Å². The lowest BCUT2D eigenvalue weighted by Gasteiger charge is -2.38. The van der Waals surface area contributed by atoms with Crippen molar-refractivity contribution in [3.63, 3.8) is 0 Å². The molecule has 1 fully saturated rings. The van der Waals surface area contributed by atoms with Crippen molar-refractivity contribution in [2.45, 2.75) is 51.1 Å². The molecule has 0 unspecified atom stereocenters. The summed E-state index contributed by atoms with van der Waals surface area (Å²) in [7, 11) is 3.55. The van der Waals surface area contributed by atoms with E-state index < -0.39 is 11.9 Å². The van der Waals surface area contributed by atoms with Crippen molar-refractivity contribution in [1.82, 2.24) is 15.0 Å². The molecule has 0 spiro atoms. The molecule has 1 atom stereocenters. The number of amides is 1. The summed E-state index contributed by atoms with van der Waals surface area (Å²) in [5.74, 6) is 1.45. The first-order valence-electron chi connectivity index (χ1n) is 9.90. The summed E-state index contributed by atoms with van der Waals surface area (Å²) in [6, 6.07) is 1.95. The average molecular weight is 436 g/mol. The molecule has 2 aromatic heterocycles. The van der Waals surface area contributed by atoms with Crippen LogP contribution < -0.4 is 19.9 Å². The molecule has 0 bridgehead atoms. The lowest BCUT2D eigenvalue weighted by Crippen LogP contribution is -2.50. The number of halogens is 3. The minimum Gasteiger partial charge on any atom is -0.489 e. The molecule has 4 rings (SSSR count). The first-order chi connectivity index (χ1) is 14.5. The number of carbonyl (C=O) groups excluding carboxylic acids is 1. The largest absolute Gasteiger partial charge is 0.489 e. The van der Waals surface area contributed by atoms with Gasteiger partial charge in [-0.15, -0.1) is 0 Å². The third-order valence-corrected chi connectivity index (χ3v) is 5.74. The summed E-state index contributed by atoms with van der Waals surface area (Å²) in [6.07, 6.45) is -2.18. The van der Waals surface area contributed by atoms with Crippen LogP contribution in [0.15, 0.2) is 18.3 Å². The molecule has 2 aromatic rings. The van der Waals surface area contributed by atoms with E-state index in [0.717, 1.165) is 12.3 Å². The minimum absolute atomic E-state index is 0.0147. The maximum atomic E-state index is 12.6. The zero-order valence-electron chi connectivity index (χ0n) is 17.6. The van der Waals surface area contributed by atoms with E-state index >= 15 is 0 Å². The quantitative estimate of drug-likeness (QED) is 0.789. The molecule has 31 heavy (non-hydrogen) atoms. The number of nitrogens with one attached hydrogen (secondary N) is 1. The van der Waals surface area contributed by atoms with Crippen LogP contribution in [0.2, 0.25) is 0 Å². The molecule has 3 heterocycles. The van der Waals surface area contributed by atoms with E-state index in [-0.39, 0.29) is 24.1 Å². The van der Waals surface area contributed by atoms with Crippen molar-refractivity contribution in [3.8, 4) is 5.75 Å². The molecule has 11 heteroatoms. The molecule has 0 aromatic carbocycles. The van der Waals surface area contributed by atoms with Gasteiger partial charge < -0.3 is 19.9 Å². The van der Waals surface area contributed by atoms with Gasteiger partial charge in [-0.25, -0.2) is 9.97 Å². The number of alkyl halides is 3. The van der Waals surface area contributed by atoms with Crippen molar-refractivity contribution in [2.75, 3.05) is 29.2 Å². The summed E-state index contributed by atoms with van der Waals surface area (Å²) >= 11 is 0. The van der Waals surface area contributed by atoms with Gasteiger partial charge in [0.2, 0.25) is 11.9 Å². The SMILES string of the molecule is Cc1nc(NC2CC(Oc3ccc(C(F)(F)F)nc3)C2)nc2c1N(C)C(=O)[C@H](C)N2C. The number of nitrogens with zero attached hydrogens (tertiary/aromatic N) is 5. The molecule has 2 aliphatic rings. The van der Waals surface area contributed by atoms with Gasteiger partial charge in [0, 0.05) is 33.0 Å². The van der Waals surface area contributed by atoms with Crippen LogP contribution in [0.1, 0.15) is 31.2 Å². The minimum atomic E-state index is -4.47. The number of aryl methyl sites for hydroxylation is 1. The van der Waals surface area contributed by atoms with Crippen molar-refractivity contribution in [3.05, 3.63) is 29.7 Å². The number of hydrogen-bond donors (Lipinski definition) is 1. The van der Waals surface area contributed by atoms with Crippen LogP contribution in [-0.2, 0) is 11.0 Å². The number of ether oxygens (including phenoxy) is 1. The van der Waals surface area contributed by atoms with Crippen LogP contribution in [0.5, 0.6) is 5.75 Å². The zero-order valence-corrected chi connectivity index (χ0v) is 17.6. The zero-order chi connectivity index (χ0) is 22.5. The van der Waals surface area contributed by atoms with Gasteiger partial charge in [-0.3, -0.25) is 4.79 Å². The molecular weight excluding hydrogens is 413 g/mol. The van der Waals surface area contributed by atoms with Gasteiger partial charge in [0.15, 0.2) is 5.82 Å². The smallest absolute Gasteiger partial charge is 0.433 e. The normalized spacial score (nSPS) is 23.3. The lowest BCUT2D eigenvalue weighted by molar-refractivity contribution is -0.141. The second kappa shape index (κ2) is 7.54. The fourth-order valence-electron chi connectivity index (χ4n) is 3.77. The predicted octanol–water partition coefficient (Wildman–Crippen LogP) is 3.02. The molecule has 1 N–H and O–H groups in total. The molecule has 1 saturated carbocycles. The van der Waals surface area contributed by atoms with E-state index in [1.807, 2.05) is 25.8 Å². The van der Waals surface area contributed by atoms with Crippen molar-refractivity contribution < 1.29 is 22.7 Å². The van der Waals surface area contributed by atoms with Crippen LogP contribution in [0.3, 0.4) is 0 Å². The Morgan fingerprint density at radius 2 is 1.90 bits per heavy atom. The van der Waals surface area contributed by atoms with E-state index in [1.54, 1.807) is 11.9 Å². The van der Waals surface area contributed by atoms with Gasteiger partial charge in [0.25, 0.3) is 0 Å². The number of likely N-dealkylation sites (N-methyl/N-ethyl adjacent to an activating group) is 2. The van der Waals surface area contributed by atoms with E-state index in [4.69, 9.17) is 4.74 Å². The Labute approximate surface area is 177 Å². The molecule has 1 aliphatic heterocycles. The Hall–Kier alpha value is -3.11. The number of carbonyl (C=O) groups is 1. The topological polar surface area (TPSA) is 83.5 Å². The van der Waals surface area contributed by atoms with Gasteiger partial charge in [0.1, 0.15) is 29.3 Å². The second-order valence-electron chi connectivity index (χ2n) is 7.92. The number of aromatic nitrogens is 3. The fraction of sp³-hybridized carbons (Fsp3) is 0.500. The van der Waals surface area contributed by atoms with E-state index in [1.165, 1.54) is 6.07 Å². The average Bonchev–Trinajstić information content (AvgIpc) is 2.68. The van der Waals surface area contributed by atoms with Crippen LogP contribution in [0.25, 0.3) is 0 Å². The summed E-state index contributed by atoms with van der Waals surface area (Å²) in [4.78, 5) is 28.3. The molecule has 1 amide bonds. The Morgan fingerprint density at radius 1 is 1.19 bits per heavy atom. The first-order valence-corrected chi connectivity index (χ1v) is 9.90. The lowest BCUT2D eigenvalue weighted by atomic mass is 9.89. The van der Waals surface area contributed by atoms with Crippen molar-refractivity contribution >= 4 is 23.4 Å². The van der Waals surface area contributed by atoms with Gasteiger partial charge in [-0.1, -0.05) is 0 Å².